The fraction of sp³-hybridized carbons (Fsp3) is 0.364. The second-order valence-corrected chi connectivity index (χ2v) is 3.65. The molecule has 0 bridgehead atoms. The van der Waals surface area contributed by atoms with E-state index >= 15 is 0 Å². The van der Waals surface area contributed by atoms with Crippen LogP contribution in [-0.4, -0.2) is 35.4 Å². The molecule has 1 aliphatic rings. The van der Waals surface area contributed by atoms with Crippen LogP contribution in [0, 0.1) is 0 Å². The highest BCUT2D eigenvalue weighted by molar-refractivity contribution is 5.93. The van der Waals surface area contributed by atoms with Gasteiger partial charge in [0, 0.05) is 6.61 Å². The molecule has 1 unspecified atom stereocenters. The number of carboxylic acids is 1. The summed E-state index contributed by atoms with van der Waals surface area (Å²) in [5.74, 6) is -0.622. The summed E-state index contributed by atoms with van der Waals surface area (Å²) in [6, 6.07) is 4.97. The minimum atomic E-state index is -1.00. The number of para-hydroxylation sites is 1. The van der Waals surface area contributed by atoms with Gasteiger partial charge in [0.25, 0.3) is 0 Å². The largest absolute Gasteiger partial charge is 0.488 e. The Morgan fingerprint density at radius 3 is 3.06 bits per heavy atom. The fourth-order valence-electron chi connectivity index (χ4n) is 1.73. The van der Waals surface area contributed by atoms with Crippen LogP contribution in [0.25, 0.3) is 0 Å². The third-order valence-electron chi connectivity index (χ3n) is 2.51. The molecule has 0 spiro atoms. The third kappa shape index (κ3) is 1.94. The fourth-order valence-corrected chi connectivity index (χ4v) is 1.73. The highest BCUT2D eigenvalue weighted by atomic mass is 16.5. The van der Waals surface area contributed by atoms with Crippen LogP contribution < -0.4 is 10.1 Å². The number of aromatic carboxylic acids is 1. The van der Waals surface area contributed by atoms with Gasteiger partial charge in [-0.05, 0) is 18.6 Å². The maximum Gasteiger partial charge on any atom is 0.339 e. The molecule has 1 aromatic carbocycles. The molecule has 2 rings (SSSR count). The number of carbonyl (C=O) groups is 1. The average Bonchev–Trinajstić information content (AvgIpc) is 2.28. The van der Waals surface area contributed by atoms with Crippen molar-refractivity contribution in [2.75, 3.05) is 18.5 Å². The van der Waals surface area contributed by atoms with Crippen LogP contribution in [0.15, 0.2) is 18.2 Å². The van der Waals surface area contributed by atoms with Crippen molar-refractivity contribution in [2.24, 2.45) is 0 Å². The zero-order valence-corrected chi connectivity index (χ0v) is 8.64. The summed E-state index contributed by atoms with van der Waals surface area (Å²) in [6.07, 6.45) is 0.580. The predicted molar refractivity (Wildman–Crippen MR) is 58.0 cm³/mol. The third-order valence-corrected chi connectivity index (χ3v) is 2.51. The molecule has 0 aliphatic carbocycles. The van der Waals surface area contributed by atoms with Gasteiger partial charge < -0.3 is 20.3 Å². The highest BCUT2D eigenvalue weighted by Gasteiger charge is 2.23. The van der Waals surface area contributed by atoms with Gasteiger partial charge in [-0.2, -0.15) is 0 Å². The van der Waals surface area contributed by atoms with Crippen molar-refractivity contribution in [2.45, 2.75) is 12.5 Å². The normalized spacial score (nSPS) is 18.2. The van der Waals surface area contributed by atoms with Crippen LogP contribution in [0.4, 0.5) is 5.69 Å². The van der Waals surface area contributed by atoms with Gasteiger partial charge in [-0.3, -0.25) is 0 Å². The van der Waals surface area contributed by atoms with Gasteiger partial charge in [-0.1, -0.05) is 6.07 Å². The number of aliphatic hydroxyl groups is 1. The lowest BCUT2D eigenvalue weighted by atomic mass is 10.1. The summed E-state index contributed by atoms with van der Waals surface area (Å²) in [7, 11) is 0. The average molecular weight is 223 g/mol. The number of hydrogen-bond acceptors (Lipinski definition) is 4. The Kier molecular flexibility index (Phi) is 2.96. The van der Waals surface area contributed by atoms with Gasteiger partial charge in [-0.15, -0.1) is 0 Å². The Morgan fingerprint density at radius 2 is 2.38 bits per heavy atom. The standard InChI is InChI=1S/C11H13NO4/c13-5-4-7-6-16-10-8(11(14)15)2-1-3-9(10)12-7/h1-3,7,12-13H,4-6H2,(H,14,15). The van der Waals surface area contributed by atoms with Gasteiger partial charge in [0.15, 0.2) is 5.75 Å². The molecular weight excluding hydrogens is 210 g/mol. The number of rotatable bonds is 3. The Labute approximate surface area is 92.7 Å². The van der Waals surface area contributed by atoms with Crippen molar-refractivity contribution in [1.29, 1.82) is 0 Å². The molecule has 5 nitrogen and oxygen atoms in total. The summed E-state index contributed by atoms with van der Waals surface area (Å²) < 4.78 is 5.43. The highest BCUT2D eigenvalue weighted by Crippen LogP contribution is 2.33. The quantitative estimate of drug-likeness (QED) is 0.710. The van der Waals surface area contributed by atoms with E-state index in [1.54, 1.807) is 12.1 Å². The molecule has 1 heterocycles. The molecule has 0 radical (unpaired) electrons. The first kappa shape index (κ1) is 10.8. The zero-order chi connectivity index (χ0) is 11.5. The van der Waals surface area contributed by atoms with E-state index in [0.717, 1.165) is 0 Å². The van der Waals surface area contributed by atoms with E-state index in [1.165, 1.54) is 6.07 Å². The van der Waals surface area contributed by atoms with Gasteiger partial charge in [0.2, 0.25) is 0 Å². The molecule has 0 saturated carbocycles. The second kappa shape index (κ2) is 4.40. The lowest BCUT2D eigenvalue weighted by Gasteiger charge is -2.27. The number of aliphatic hydroxyl groups excluding tert-OH is 1. The maximum atomic E-state index is 10.9. The lowest BCUT2D eigenvalue weighted by molar-refractivity contribution is 0.0691. The summed E-state index contributed by atoms with van der Waals surface area (Å²) in [5, 5.41) is 20.9. The van der Waals surface area contributed by atoms with E-state index in [0.29, 0.717) is 24.5 Å². The van der Waals surface area contributed by atoms with Crippen molar-refractivity contribution in [3.8, 4) is 5.75 Å². The molecule has 0 fully saturated rings. The topological polar surface area (TPSA) is 78.8 Å². The van der Waals surface area contributed by atoms with E-state index < -0.39 is 5.97 Å². The molecule has 0 saturated heterocycles. The Bertz CT molecular complexity index is 405. The van der Waals surface area contributed by atoms with Crippen molar-refractivity contribution in [3.63, 3.8) is 0 Å². The van der Waals surface area contributed by atoms with Crippen molar-refractivity contribution < 1.29 is 19.7 Å². The minimum Gasteiger partial charge on any atom is -0.488 e. The van der Waals surface area contributed by atoms with Crippen LogP contribution >= 0.6 is 0 Å². The molecule has 5 heteroatoms. The molecule has 0 amide bonds. The van der Waals surface area contributed by atoms with Gasteiger partial charge in [0.1, 0.15) is 12.2 Å². The van der Waals surface area contributed by atoms with Crippen molar-refractivity contribution >= 4 is 11.7 Å². The summed E-state index contributed by atoms with van der Waals surface area (Å²) in [6.45, 7) is 0.451. The number of nitrogens with one attached hydrogen (secondary N) is 1. The first-order valence-electron chi connectivity index (χ1n) is 5.09. The summed E-state index contributed by atoms with van der Waals surface area (Å²) in [4.78, 5) is 10.9. The van der Waals surface area contributed by atoms with Gasteiger partial charge in [0.05, 0.1) is 11.7 Å². The number of anilines is 1. The first-order valence-corrected chi connectivity index (χ1v) is 5.09. The Hall–Kier alpha value is -1.75. The van der Waals surface area contributed by atoms with Crippen molar-refractivity contribution in [3.05, 3.63) is 23.8 Å². The zero-order valence-electron chi connectivity index (χ0n) is 8.64. The van der Waals surface area contributed by atoms with Crippen LogP contribution in [-0.2, 0) is 0 Å². The molecule has 86 valence electrons. The molecule has 16 heavy (non-hydrogen) atoms. The van der Waals surface area contributed by atoms with Crippen LogP contribution in [0.1, 0.15) is 16.8 Å². The van der Waals surface area contributed by atoms with E-state index in [-0.39, 0.29) is 18.2 Å². The van der Waals surface area contributed by atoms with E-state index in [4.69, 9.17) is 14.9 Å². The van der Waals surface area contributed by atoms with Crippen molar-refractivity contribution in [1.82, 2.24) is 0 Å². The lowest BCUT2D eigenvalue weighted by Crippen LogP contribution is -2.32. The van der Waals surface area contributed by atoms with E-state index in [9.17, 15) is 4.79 Å². The second-order valence-electron chi connectivity index (χ2n) is 3.65. The van der Waals surface area contributed by atoms with E-state index in [2.05, 4.69) is 5.32 Å². The van der Waals surface area contributed by atoms with Crippen LogP contribution in [0.2, 0.25) is 0 Å². The number of ether oxygens (including phenoxy) is 1. The van der Waals surface area contributed by atoms with Gasteiger partial charge >= 0.3 is 5.97 Å². The Balaban J connectivity index is 2.27. The molecule has 0 aromatic heterocycles. The summed E-state index contributed by atoms with van der Waals surface area (Å²) in [5.41, 5.74) is 0.831. The summed E-state index contributed by atoms with van der Waals surface area (Å²) >= 11 is 0. The van der Waals surface area contributed by atoms with Gasteiger partial charge in [-0.25, -0.2) is 4.79 Å². The maximum absolute atomic E-state index is 10.9. The molecule has 1 aromatic rings. The number of fused-ring (bicyclic) bond motifs is 1. The molecule has 3 N–H and O–H groups in total. The smallest absolute Gasteiger partial charge is 0.339 e. The van der Waals surface area contributed by atoms with Crippen LogP contribution in [0.5, 0.6) is 5.75 Å². The monoisotopic (exact) mass is 223 g/mol. The number of hydrogen-bond donors (Lipinski definition) is 3. The van der Waals surface area contributed by atoms with Crippen LogP contribution in [0.3, 0.4) is 0 Å². The molecular formula is C11H13NO4. The molecule has 1 atom stereocenters. The SMILES string of the molecule is O=C(O)c1cccc2c1OCC(CCO)N2. The van der Waals surface area contributed by atoms with E-state index in [1.807, 2.05) is 0 Å². The Morgan fingerprint density at radius 1 is 1.56 bits per heavy atom. The first-order chi connectivity index (χ1) is 7.72. The predicted octanol–water partition coefficient (Wildman–Crippen LogP) is 0.940. The number of carboxylic acid groups (broad SMARTS) is 1. The minimum absolute atomic E-state index is 0.0292. The number of benzene rings is 1. The molecule has 1 aliphatic heterocycles.